The first-order valence-electron chi connectivity index (χ1n) is 6.58. The highest BCUT2D eigenvalue weighted by Crippen LogP contribution is 2.06. The van der Waals surface area contributed by atoms with E-state index < -0.39 is 6.09 Å². The number of carbonyl (C=O) groups is 2. The maximum Gasteiger partial charge on any atom is 0.413 e. The van der Waals surface area contributed by atoms with Crippen molar-refractivity contribution in [1.29, 1.82) is 0 Å². The van der Waals surface area contributed by atoms with E-state index in [0.29, 0.717) is 6.04 Å². The maximum absolute atomic E-state index is 11.6. The van der Waals surface area contributed by atoms with Gasteiger partial charge in [-0.3, -0.25) is 15.0 Å². The van der Waals surface area contributed by atoms with Crippen LogP contribution in [0.4, 0.5) is 4.79 Å². The van der Waals surface area contributed by atoms with Crippen molar-refractivity contribution >= 4 is 12.0 Å². The van der Waals surface area contributed by atoms with Crippen molar-refractivity contribution < 1.29 is 14.3 Å². The van der Waals surface area contributed by atoms with Crippen LogP contribution in [-0.4, -0.2) is 55.7 Å². The van der Waals surface area contributed by atoms with Crippen LogP contribution in [-0.2, 0) is 9.53 Å². The van der Waals surface area contributed by atoms with Gasteiger partial charge in [0.1, 0.15) is 0 Å². The van der Waals surface area contributed by atoms with E-state index >= 15 is 0 Å². The SMILES string of the molecule is CCOC(=O)NC(=O)CN(CC)CC1CCCN1. The van der Waals surface area contributed by atoms with Crippen LogP contribution >= 0.6 is 0 Å². The highest BCUT2D eigenvalue weighted by Gasteiger charge is 2.19. The second-order valence-electron chi connectivity index (χ2n) is 4.39. The Morgan fingerprint density at radius 3 is 2.78 bits per heavy atom. The van der Waals surface area contributed by atoms with E-state index in [4.69, 9.17) is 0 Å². The maximum atomic E-state index is 11.6. The lowest BCUT2D eigenvalue weighted by Gasteiger charge is -2.23. The molecular weight excluding hydrogens is 234 g/mol. The highest BCUT2D eigenvalue weighted by atomic mass is 16.5. The smallest absolute Gasteiger partial charge is 0.413 e. The highest BCUT2D eigenvalue weighted by molar-refractivity contribution is 5.92. The number of amides is 2. The molecule has 0 radical (unpaired) electrons. The standard InChI is InChI=1S/C12H23N3O3/c1-3-15(8-10-6-5-7-13-10)9-11(16)14-12(17)18-4-2/h10,13H,3-9H2,1-2H3,(H,14,16,17). The molecule has 1 heterocycles. The predicted octanol–water partition coefficient (Wildman–Crippen LogP) is 0.333. The van der Waals surface area contributed by atoms with Gasteiger partial charge in [-0.25, -0.2) is 4.79 Å². The molecule has 18 heavy (non-hydrogen) atoms. The Morgan fingerprint density at radius 2 is 2.22 bits per heavy atom. The lowest BCUT2D eigenvalue weighted by Crippen LogP contribution is -2.44. The second-order valence-corrected chi connectivity index (χ2v) is 4.39. The summed E-state index contributed by atoms with van der Waals surface area (Å²) < 4.78 is 4.66. The fourth-order valence-corrected chi connectivity index (χ4v) is 2.05. The van der Waals surface area contributed by atoms with Crippen LogP contribution in [0, 0.1) is 0 Å². The minimum Gasteiger partial charge on any atom is -0.450 e. The van der Waals surface area contributed by atoms with Gasteiger partial charge < -0.3 is 10.1 Å². The second kappa shape index (κ2) is 8.05. The Morgan fingerprint density at radius 1 is 1.44 bits per heavy atom. The fourth-order valence-electron chi connectivity index (χ4n) is 2.05. The largest absolute Gasteiger partial charge is 0.450 e. The summed E-state index contributed by atoms with van der Waals surface area (Å²) >= 11 is 0. The zero-order chi connectivity index (χ0) is 13.4. The predicted molar refractivity (Wildman–Crippen MR) is 68.3 cm³/mol. The molecule has 1 aliphatic rings. The number of likely N-dealkylation sites (N-methyl/N-ethyl adjacent to an activating group) is 1. The zero-order valence-electron chi connectivity index (χ0n) is 11.2. The number of hydrogen-bond donors (Lipinski definition) is 2. The first-order chi connectivity index (χ1) is 8.65. The fraction of sp³-hybridized carbons (Fsp3) is 0.833. The minimum atomic E-state index is -0.669. The average Bonchev–Trinajstić information content (AvgIpc) is 2.81. The molecule has 0 saturated carbocycles. The number of ether oxygens (including phenoxy) is 1. The molecule has 0 aliphatic carbocycles. The summed E-state index contributed by atoms with van der Waals surface area (Å²) in [5, 5.41) is 5.60. The molecule has 6 heteroatoms. The number of nitrogens with zero attached hydrogens (tertiary/aromatic N) is 1. The van der Waals surface area contributed by atoms with Crippen LogP contribution < -0.4 is 10.6 Å². The van der Waals surface area contributed by atoms with Gasteiger partial charge in [0.05, 0.1) is 13.2 Å². The summed E-state index contributed by atoms with van der Waals surface area (Å²) in [6.45, 7) is 6.88. The topological polar surface area (TPSA) is 70.7 Å². The zero-order valence-corrected chi connectivity index (χ0v) is 11.2. The van der Waals surface area contributed by atoms with Crippen molar-refractivity contribution in [1.82, 2.24) is 15.5 Å². The summed E-state index contributed by atoms with van der Waals surface area (Å²) in [5.74, 6) is -0.312. The van der Waals surface area contributed by atoms with Gasteiger partial charge in [0.15, 0.2) is 0 Å². The molecule has 2 N–H and O–H groups in total. The number of carbonyl (C=O) groups excluding carboxylic acids is 2. The van der Waals surface area contributed by atoms with Crippen molar-refractivity contribution in [2.45, 2.75) is 32.7 Å². The van der Waals surface area contributed by atoms with E-state index in [1.54, 1.807) is 6.92 Å². The number of nitrogens with one attached hydrogen (secondary N) is 2. The molecule has 1 rings (SSSR count). The Kier molecular flexibility index (Phi) is 6.67. The Labute approximate surface area is 108 Å². The first-order valence-corrected chi connectivity index (χ1v) is 6.58. The van der Waals surface area contributed by atoms with E-state index in [2.05, 4.69) is 15.4 Å². The van der Waals surface area contributed by atoms with Crippen LogP contribution in [0.2, 0.25) is 0 Å². The third kappa shape index (κ3) is 5.46. The summed E-state index contributed by atoms with van der Waals surface area (Å²) in [6.07, 6.45) is 1.67. The summed E-state index contributed by atoms with van der Waals surface area (Å²) in [4.78, 5) is 24.7. The van der Waals surface area contributed by atoms with E-state index in [9.17, 15) is 9.59 Å². The van der Waals surface area contributed by atoms with E-state index in [-0.39, 0.29) is 19.1 Å². The number of imide groups is 1. The van der Waals surface area contributed by atoms with Crippen molar-refractivity contribution in [3.8, 4) is 0 Å². The molecule has 0 spiro atoms. The van der Waals surface area contributed by atoms with Gasteiger partial charge in [-0.2, -0.15) is 0 Å². The molecule has 104 valence electrons. The lowest BCUT2D eigenvalue weighted by atomic mass is 10.2. The van der Waals surface area contributed by atoms with Crippen molar-refractivity contribution in [2.75, 3.05) is 32.8 Å². The number of hydrogen-bond acceptors (Lipinski definition) is 5. The molecule has 0 aromatic rings. The molecule has 6 nitrogen and oxygen atoms in total. The average molecular weight is 257 g/mol. The molecule has 1 fully saturated rings. The third-order valence-corrected chi connectivity index (χ3v) is 2.97. The van der Waals surface area contributed by atoms with Gasteiger partial charge in [0.2, 0.25) is 5.91 Å². The van der Waals surface area contributed by atoms with Gasteiger partial charge >= 0.3 is 6.09 Å². The van der Waals surface area contributed by atoms with Gasteiger partial charge in [-0.1, -0.05) is 6.92 Å². The molecule has 0 aromatic carbocycles. The normalized spacial score (nSPS) is 18.9. The number of alkyl carbamates (subject to hydrolysis) is 1. The molecule has 1 atom stereocenters. The molecule has 2 amide bonds. The molecular formula is C12H23N3O3. The third-order valence-electron chi connectivity index (χ3n) is 2.97. The minimum absolute atomic E-state index is 0.230. The lowest BCUT2D eigenvalue weighted by molar-refractivity contribution is -0.121. The Balaban J connectivity index is 2.28. The van der Waals surface area contributed by atoms with Gasteiger partial charge in [-0.05, 0) is 32.9 Å². The molecule has 1 saturated heterocycles. The first kappa shape index (κ1) is 14.9. The van der Waals surface area contributed by atoms with E-state index in [1.165, 1.54) is 6.42 Å². The van der Waals surface area contributed by atoms with Gasteiger partial charge in [0.25, 0.3) is 0 Å². The summed E-state index contributed by atoms with van der Waals surface area (Å²) in [5.41, 5.74) is 0. The van der Waals surface area contributed by atoms with Crippen LogP contribution in [0.25, 0.3) is 0 Å². The molecule has 0 bridgehead atoms. The quantitative estimate of drug-likeness (QED) is 0.717. The Hall–Kier alpha value is -1.14. The van der Waals surface area contributed by atoms with Crippen LogP contribution in [0.3, 0.4) is 0 Å². The van der Waals surface area contributed by atoms with Crippen molar-refractivity contribution in [2.24, 2.45) is 0 Å². The molecule has 1 aliphatic heterocycles. The Bertz CT molecular complexity index is 278. The van der Waals surface area contributed by atoms with Crippen LogP contribution in [0.1, 0.15) is 26.7 Å². The summed E-state index contributed by atoms with van der Waals surface area (Å²) in [6, 6.07) is 0.459. The van der Waals surface area contributed by atoms with Crippen LogP contribution in [0.15, 0.2) is 0 Å². The van der Waals surface area contributed by atoms with Gasteiger partial charge in [0, 0.05) is 12.6 Å². The molecule has 1 unspecified atom stereocenters. The summed E-state index contributed by atoms with van der Waals surface area (Å²) in [7, 11) is 0. The van der Waals surface area contributed by atoms with Crippen molar-refractivity contribution in [3.05, 3.63) is 0 Å². The molecule has 0 aromatic heterocycles. The van der Waals surface area contributed by atoms with Crippen molar-refractivity contribution in [3.63, 3.8) is 0 Å². The van der Waals surface area contributed by atoms with Crippen LogP contribution in [0.5, 0.6) is 0 Å². The monoisotopic (exact) mass is 257 g/mol. The van der Waals surface area contributed by atoms with E-state index in [0.717, 1.165) is 26.1 Å². The van der Waals surface area contributed by atoms with E-state index in [1.807, 2.05) is 11.8 Å². The number of rotatable bonds is 6. The van der Waals surface area contributed by atoms with Gasteiger partial charge in [-0.15, -0.1) is 0 Å².